The lowest BCUT2D eigenvalue weighted by Gasteiger charge is -2.18. The molecule has 0 amide bonds. The molecule has 3 aromatic rings. The Balaban J connectivity index is 0.00000320. The number of H-pyrrole nitrogens is 1. The summed E-state index contributed by atoms with van der Waals surface area (Å²) in [6.45, 7) is 3.12. The number of ether oxygens (including phenoxy) is 2. The fourth-order valence-corrected chi connectivity index (χ4v) is 2.82. The second kappa shape index (κ2) is 12.1. The van der Waals surface area contributed by atoms with Crippen LogP contribution in [0.5, 0.6) is 11.5 Å². The zero-order valence-electron chi connectivity index (χ0n) is 17.4. The Hall–Kier alpha value is -2.75. The van der Waals surface area contributed by atoms with E-state index < -0.39 is 0 Å². The van der Waals surface area contributed by atoms with Crippen molar-refractivity contribution in [3.63, 3.8) is 0 Å². The number of para-hydroxylation sites is 2. The van der Waals surface area contributed by atoms with Gasteiger partial charge in [-0.3, -0.25) is 4.99 Å². The van der Waals surface area contributed by atoms with Crippen molar-refractivity contribution in [3.05, 3.63) is 66.6 Å². The number of nitrogens with one attached hydrogen (secondary N) is 3. The van der Waals surface area contributed by atoms with Crippen molar-refractivity contribution in [3.8, 4) is 22.8 Å². The fourth-order valence-electron chi connectivity index (χ4n) is 2.82. The molecule has 2 aromatic carbocycles. The fraction of sp³-hybridized carbons (Fsp3) is 0.273. The van der Waals surface area contributed by atoms with Crippen LogP contribution in [0.2, 0.25) is 0 Å². The molecule has 0 saturated carbocycles. The molecule has 3 rings (SSSR count). The molecule has 0 aliphatic heterocycles. The zero-order valence-corrected chi connectivity index (χ0v) is 19.7. The molecule has 8 heteroatoms. The van der Waals surface area contributed by atoms with Crippen LogP contribution in [0.15, 0.2) is 65.8 Å². The number of methoxy groups -OCH3 is 1. The molecule has 0 aliphatic carbocycles. The van der Waals surface area contributed by atoms with Gasteiger partial charge in [-0.1, -0.05) is 42.5 Å². The van der Waals surface area contributed by atoms with Crippen LogP contribution in [-0.2, 0) is 6.54 Å². The van der Waals surface area contributed by atoms with Gasteiger partial charge in [-0.25, -0.2) is 4.98 Å². The Kier molecular flexibility index (Phi) is 9.46. The molecule has 160 valence electrons. The molecule has 1 unspecified atom stereocenters. The molecule has 1 aromatic heterocycles. The minimum absolute atomic E-state index is 0. The summed E-state index contributed by atoms with van der Waals surface area (Å²) in [5, 5.41) is 6.52. The number of halogens is 1. The van der Waals surface area contributed by atoms with E-state index in [9.17, 15) is 0 Å². The van der Waals surface area contributed by atoms with Crippen LogP contribution in [0.1, 0.15) is 12.7 Å². The normalized spacial score (nSPS) is 11.9. The SMILES string of the molecule is CN=C(NCc1ncc(-c2ccccc2)[nH]1)NCC(C)Oc1ccccc1OC.I. The minimum Gasteiger partial charge on any atom is -0.493 e. The van der Waals surface area contributed by atoms with Gasteiger partial charge in [-0.05, 0) is 24.6 Å². The first-order chi connectivity index (χ1) is 14.2. The Labute approximate surface area is 194 Å². The maximum atomic E-state index is 5.96. The molecule has 0 fully saturated rings. The van der Waals surface area contributed by atoms with Crippen LogP contribution in [-0.4, -0.2) is 42.7 Å². The van der Waals surface area contributed by atoms with E-state index in [2.05, 4.69) is 25.6 Å². The second-order valence-corrected chi connectivity index (χ2v) is 6.50. The maximum absolute atomic E-state index is 5.96. The van der Waals surface area contributed by atoms with Crippen LogP contribution in [0, 0.1) is 0 Å². The van der Waals surface area contributed by atoms with Gasteiger partial charge in [-0.15, -0.1) is 24.0 Å². The third-order valence-corrected chi connectivity index (χ3v) is 4.31. The van der Waals surface area contributed by atoms with Crippen LogP contribution < -0.4 is 20.1 Å². The van der Waals surface area contributed by atoms with E-state index in [0.29, 0.717) is 24.8 Å². The smallest absolute Gasteiger partial charge is 0.191 e. The zero-order chi connectivity index (χ0) is 20.5. The third-order valence-electron chi connectivity index (χ3n) is 4.31. The van der Waals surface area contributed by atoms with Crippen LogP contribution in [0.25, 0.3) is 11.3 Å². The summed E-state index contributed by atoms with van der Waals surface area (Å²) in [6.07, 6.45) is 1.77. The van der Waals surface area contributed by atoms with E-state index >= 15 is 0 Å². The Morgan fingerprint density at radius 3 is 2.47 bits per heavy atom. The number of aliphatic imine (C=N–C) groups is 1. The van der Waals surface area contributed by atoms with Crippen molar-refractivity contribution in [2.24, 2.45) is 4.99 Å². The average Bonchev–Trinajstić information content (AvgIpc) is 3.24. The van der Waals surface area contributed by atoms with Crippen molar-refractivity contribution < 1.29 is 9.47 Å². The van der Waals surface area contributed by atoms with Crippen molar-refractivity contribution >= 4 is 29.9 Å². The predicted molar refractivity (Wildman–Crippen MR) is 131 cm³/mol. The molecule has 0 aliphatic rings. The van der Waals surface area contributed by atoms with Gasteiger partial charge < -0.3 is 25.1 Å². The highest BCUT2D eigenvalue weighted by molar-refractivity contribution is 14.0. The van der Waals surface area contributed by atoms with E-state index in [1.165, 1.54) is 0 Å². The summed E-state index contributed by atoms with van der Waals surface area (Å²) < 4.78 is 11.3. The van der Waals surface area contributed by atoms with E-state index in [-0.39, 0.29) is 30.1 Å². The van der Waals surface area contributed by atoms with Gasteiger partial charge in [0.15, 0.2) is 17.5 Å². The topological polar surface area (TPSA) is 83.6 Å². The molecular formula is C22H28IN5O2. The van der Waals surface area contributed by atoms with Gasteiger partial charge >= 0.3 is 0 Å². The summed E-state index contributed by atoms with van der Waals surface area (Å²) in [5.74, 6) is 2.95. The first kappa shape index (κ1) is 23.5. The Morgan fingerprint density at radius 1 is 1.07 bits per heavy atom. The molecule has 1 atom stereocenters. The summed E-state index contributed by atoms with van der Waals surface area (Å²) in [5.41, 5.74) is 2.10. The first-order valence-corrected chi connectivity index (χ1v) is 9.53. The highest BCUT2D eigenvalue weighted by Gasteiger charge is 2.10. The minimum atomic E-state index is -0.0712. The summed E-state index contributed by atoms with van der Waals surface area (Å²) in [7, 11) is 3.37. The van der Waals surface area contributed by atoms with Gasteiger partial charge in [0.1, 0.15) is 11.9 Å². The number of aromatic nitrogens is 2. The van der Waals surface area contributed by atoms with Crippen molar-refractivity contribution in [2.45, 2.75) is 19.6 Å². The van der Waals surface area contributed by atoms with Gasteiger partial charge in [-0.2, -0.15) is 0 Å². The molecule has 30 heavy (non-hydrogen) atoms. The largest absolute Gasteiger partial charge is 0.493 e. The highest BCUT2D eigenvalue weighted by Crippen LogP contribution is 2.26. The molecule has 7 nitrogen and oxygen atoms in total. The van der Waals surface area contributed by atoms with E-state index in [0.717, 1.165) is 22.8 Å². The average molecular weight is 521 g/mol. The molecule has 1 heterocycles. The Bertz CT molecular complexity index is 930. The second-order valence-electron chi connectivity index (χ2n) is 6.50. The molecule has 0 saturated heterocycles. The summed E-state index contributed by atoms with van der Waals surface area (Å²) in [6, 6.07) is 17.7. The van der Waals surface area contributed by atoms with Gasteiger partial charge in [0, 0.05) is 7.05 Å². The van der Waals surface area contributed by atoms with E-state index in [4.69, 9.17) is 9.47 Å². The van der Waals surface area contributed by atoms with Crippen molar-refractivity contribution in [2.75, 3.05) is 20.7 Å². The summed E-state index contributed by atoms with van der Waals surface area (Å²) in [4.78, 5) is 12.0. The number of guanidine groups is 1. The predicted octanol–water partition coefficient (Wildman–Crippen LogP) is 3.84. The third kappa shape index (κ3) is 6.65. The highest BCUT2D eigenvalue weighted by atomic mass is 127. The van der Waals surface area contributed by atoms with Gasteiger partial charge in [0.25, 0.3) is 0 Å². The molecule has 0 radical (unpaired) electrons. The lowest BCUT2D eigenvalue weighted by molar-refractivity contribution is 0.213. The first-order valence-electron chi connectivity index (χ1n) is 9.53. The van der Waals surface area contributed by atoms with Crippen LogP contribution in [0.4, 0.5) is 0 Å². The number of hydrogen-bond acceptors (Lipinski definition) is 4. The van der Waals surface area contributed by atoms with Crippen LogP contribution >= 0.6 is 24.0 Å². The van der Waals surface area contributed by atoms with Gasteiger partial charge in [0.05, 0.1) is 32.1 Å². The molecule has 0 bridgehead atoms. The number of benzene rings is 2. The van der Waals surface area contributed by atoms with Crippen molar-refractivity contribution in [1.29, 1.82) is 0 Å². The maximum Gasteiger partial charge on any atom is 0.191 e. The quantitative estimate of drug-likeness (QED) is 0.239. The molecular weight excluding hydrogens is 493 g/mol. The van der Waals surface area contributed by atoms with Crippen molar-refractivity contribution in [1.82, 2.24) is 20.6 Å². The standard InChI is InChI=1S/C22H27N5O2.HI/c1-16(29-20-12-8-7-11-19(20)28-3)13-25-22(23-2)26-15-21-24-14-18(27-21)17-9-5-4-6-10-17;/h4-12,14,16H,13,15H2,1-3H3,(H,24,27)(H2,23,25,26);1H. The lowest BCUT2D eigenvalue weighted by atomic mass is 10.2. The number of imidazole rings is 1. The number of aromatic amines is 1. The lowest BCUT2D eigenvalue weighted by Crippen LogP contribution is -2.41. The van der Waals surface area contributed by atoms with Crippen LogP contribution in [0.3, 0.4) is 0 Å². The number of nitrogens with zero attached hydrogens (tertiary/aromatic N) is 2. The van der Waals surface area contributed by atoms with E-state index in [1.54, 1.807) is 14.2 Å². The monoisotopic (exact) mass is 521 g/mol. The number of rotatable bonds is 8. The number of hydrogen-bond donors (Lipinski definition) is 3. The van der Waals surface area contributed by atoms with Gasteiger partial charge in [0.2, 0.25) is 0 Å². The van der Waals surface area contributed by atoms with E-state index in [1.807, 2.05) is 67.7 Å². The molecule has 3 N–H and O–H groups in total. The molecule has 0 spiro atoms. The Morgan fingerprint density at radius 2 is 1.77 bits per heavy atom. The summed E-state index contributed by atoms with van der Waals surface area (Å²) >= 11 is 0.